The number of carboxylic acids is 1. The van der Waals surface area contributed by atoms with Gasteiger partial charge in [-0.3, -0.25) is 4.79 Å². The molecule has 1 aliphatic carbocycles. The third kappa shape index (κ3) is 6.16. The minimum absolute atomic E-state index is 0. The minimum Gasteiger partial charge on any atom is -0.480 e. The molecule has 1 aliphatic rings. The molecule has 0 aromatic carbocycles. The summed E-state index contributed by atoms with van der Waals surface area (Å²) in [4.78, 5) is 11.4. The van der Waals surface area contributed by atoms with Crippen LogP contribution in [0.3, 0.4) is 0 Å². The summed E-state index contributed by atoms with van der Waals surface area (Å²) in [5, 5.41) is 26.8. The summed E-state index contributed by atoms with van der Waals surface area (Å²) in [6, 6.07) is 0.0524. The lowest BCUT2D eigenvalue weighted by Crippen LogP contribution is -2.53. The Morgan fingerprint density at radius 1 is 1.25 bits per heavy atom. The molecule has 0 bridgehead atoms. The number of hydrogen-bond acceptors (Lipinski definition) is 5. The number of nitrogens with two attached hydrogens (primary N) is 2. The molecule has 0 amide bonds. The normalized spacial score (nSPS) is 24.2. The molecule has 1 rings (SSSR count). The molecule has 0 spiro atoms. The van der Waals surface area contributed by atoms with Crippen LogP contribution < -0.4 is 11.5 Å². The fourth-order valence-electron chi connectivity index (χ4n) is 2.71. The van der Waals surface area contributed by atoms with Crippen LogP contribution in [0.4, 0.5) is 0 Å². The fourth-order valence-corrected chi connectivity index (χ4v) is 2.71. The first-order valence-corrected chi connectivity index (χ1v) is 6.50. The lowest BCUT2D eigenvalue weighted by Gasteiger charge is -2.31. The summed E-state index contributed by atoms with van der Waals surface area (Å²) in [6.45, 7) is 0. The zero-order valence-corrected chi connectivity index (χ0v) is 13.0. The van der Waals surface area contributed by atoms with Gasteiger partial charge in [0, 0.05) is 6.04 Å². The topological polar surface area (TPSA) is 130 Å². The van der Waals surface area contributed by atoms with Crippen LogP contribution >= 0.6 is 24.8 Å². The second-order valence-electron chi connectivity index (χ2n) is 5.34. The van der Waals surface area contributed by atoms with Crippen molar-refractivity contribution < 1.29 is 19.9 Å². The van der Waals surface area contributed by atoms with Gasteiger partial charge in [-0.05, 0) is 37.9 Å². The van der Waals surface area contributed by atoms with Crippen LogP contribution in [0.2, 0.25) is 6.32 Å². The van der Waals surface area contributed by atoms with Crippen molar-refractivity contribution in [3.63, 3.8) is 0 Å². The number of rotatable bonds is 7. The van der Waals surface area contributed by atoms with Crippen molar-refractivity contribution >= 4 is 37.9 Å². The maximum absolute atomic E-state index is 11.4. The van der Waals surface area contributed by atoms with Gasteiger partial charge in [0.15, 0.2) is 0 Å². The van der Waals surface area contributed by atoms with E-state index in [0.29, 0.717) is 25.7 Å². The molecule has 0 heterocycles. The van der Waals surface area contributed by atoms with Gasteiger partial charge in [0.25, 0.3) is 0 Å². The second-order valence-corrected chi connectivity index (χ2v) is 5.34. The Bertz CT molecular complexity index is 300. The highest BCUT2D eigenvalue weighted by Gasteiger charge is 2.44. The largest absolute Gasteiger partial charge is 0.480 e. The summed E-state index contributed by atoms with van der Waals surface area (Å²) in [5.74, 6) is -1.06. The number of unbranched alkanes of at least 4 members (excludes halogenated alkanes) is 1. The van der Waals surface area contributed by atoms with Crippen LogP contribution in [0, 0.1) is 5.92 Å². The van der Waals surface area contributed by atoms with Gasteiger partial charge in [-0.2, -0.15) is 0 Å². The number of halogens is 2. The molecule has 1 fully saturated rings. The first kappa shape index (κ1) is 22.2. The monoisotopic (exact) mass is 330 g/mol. The molecule has 1 unspecified atom stereocenters. The molecule has 0 aromatic rings. The number of carboxylic acid groups (broad SMARTS) is 1. The van der Waals surface area contributed by atoms with Crippen LogP contribution in [-0.2, 0) is 4.79 Å². The summed E-state index contributed by atoms with van der Waals surface area (Å²) in [5.41, 5.74) is 10.6. The highest BCUT2D eigenvalue weighted by molar-refractivity contribution is 6.40. The number of hydrogen-bond donors (Lipinski definition) is 5. The highest BCUT2D eigenvalue weighted by Crippen LogP contribution is 2.35. The molecule has 6 nitrogen and oxygen atoms in total. The Kier molecular flexibility index (Phi) is 10.9. The molecule has 0 radical (unpaired) electrons. The summed E-state index contributed by atoms with van der Waals surface area (Å²) < 4.78 is 0. The zero-order valence-electron chi connectivity index (χ0n) is 11.4. The summed E-state index contributed by atoms with van der Waals surface area (Å²) >= 11 is 0. The maximum Gasteiger partial charge on any atom is 0.451 e. The average molecular weight is 331 g/mol. The number of aliphatic carboxylic acids is 1. The van der Waals surface area contributed by atoms with Crippen LogP contribution in [0.15, 0.2) is 0 Å². The van der Waals surface area contributed by atoms with E-state index in [0.717, 1.165) is 12.8 Å². The van der Waals surface area contributed by atoms with Crippen molar-refractivity contribution in [3.05, 3.63) is 0 Å². The van der Waals surface area contributed by atoms with Crippen molar-refractivity contribution in [2.45, 2.75) is 56.4 Å². The zero-order chi connectivity index (χ0) is 13.8. The third-order valence-corrected chi connectivity index (χ3v) is 3.90. The molecule has 120 valence electrons. The van der Waals surface area contributed by atoms with E-state index in [2.05, 4.69) is 0 Å². The van der Waals surface area contributed by atoms with Gasteiger partial charge < -0.3 is 26.6 Å². The quantitative estimate of drug-likeness (QED) is 0.339. The van der Waals surface area contributed by atoms with E-state index >= 15 is 0 Å². The Labute approximate surface area is 132 Å². The average Bonchev–Trinajstić information content (AvgIpc) is 2.71. The van der Waals surface area contributed by atoms with Crippen molar-refractivity contribution in [1.82, 2.24) is 0 Å². The Hall–Kier alpha value is -0.0451. The smallest absolute Gasteiger partial charge is 0.451 e. The third-order valence-electron chi connectivity index (χ3n) is 3.90. The van der Waals surface area contributed by atoms with Crippen molar-refractivity contribution in [1.29, 1.82) is 0 Å². The Morgan fingerprint density at radius 3 is 2.25 bits per heavy atom. The molecule has 1 saturated carbocycles. The van der Waals surface area contributed by atoms with E-state index in [4.69, 9.17) is 21.5 Å². The fraction of sp³-hybridized carbons (Fsp3) is 0.909. The van der Waals surface area contributed by atoms with E-state index in [9.17, 15) is 9.90 Å². The molecule has 0 aromatic heterocycles. The van der Waals surface area contributed by atoms with Gasteiger partial charge in [-0.1, -0.05) is 12.8 Å². The molecule has 3 atom stereocenters. The van der Waals surface area contributed by atoms with Crippen LogP contribution in [-0.4, -0.2) is 39.8 Å². The SMILES string of the molecule is Cl.Cl.N[C@@H]1CC[C@H](C(N)(CCCCB(O)O)C(=O)O)C1. The van der Waals surface area contributed by atoms with E-state index in [1.165, 1.54) is 0 Å². The molecular weight excluding hydrogens is 306 g/mol. The Morgan fingerprint density at radius 2 is 1.85 bits per heavy atom. The van der Waals surface area contributed by atoms with Gasteiger partial charge in [0.2, 0.25) is 0 Å². The van der Waals surface area contributed by atoms with Gasteiger partial charge in [0.1, 0.15) is 5.54 Å². The van der Waals surface area contributed by atoms with Gasteiger partial charge in [0.05, 0.1) is 0 Å². The highest BCUT2D eigenvalue weighted by atomic mass is 35.5. The van der Waals surface area contributed by atoms with Crippen molar-refractivity contribution in [2.75, 3.05) is 0 Å². The molecule has 0 saturated heterocycles. The van der Waals surface area contributed by atoms with E-state index < -0.39 is 18.6 Å². The predicted octanol–water partition coefficient (Wildman–Crippen LogP) is 0.383. The van der Waals surface area contributed by atoms with E-state index in [-0.39, 0.29) is 43.1 Å². The predicted molar refractivity (Wildman–Crippen MR) is 83.2 cm³/mol. The molecular formula is C11H25BCl2N2O4. The van der Waals surface area contributed by atoms with E-state index in [1.54, 1.807) is 0 Å². The van der Waals surface area contributed by atoms with Crippen molar-refractivity contribution in [2.24, 2.45) is 17.4 Å². The molecule has 20 heavy (non-hydrogen) atoms. The summed E-state index contributed by atoms with van der Waals surface area (Å²) in [6.07, 6.45) is 3.98. The first-order chi connectivity index (χ1) is 8.36. The molecule has 9 heteroatoms. The molecule has 0 aliphatic heterocycles. The van der Waals surface area contributed by atoms with E-state index in [1.807, 2.05) is 0 Å². The minimum atomic E-state index is -1.33. The Balaban J connectivity index is 0. The van der Waals surface area contributed by atoms with Crippen LogP contribution in [0.5, 0.6) is 0 Å². The van der Waals surface area contributed by atoms with Gasteiger partial charge >= 0.3 is 13.1 Å². The van der Waals surface area contributed by atoms with Gasteiger partial charge in [-0.25, -0.2) is 0 Å². The van der Waals surface area contributed by atoms with Crippen molar-refractivity contribution in [3.8, 4) is 0 Å². The van der Waals surface area contributed by atoms with Crippen LogP contribution in [0.25, 0.3) is 0 Å². The first-order valence-electron chi connectivity index (χ1n) is 6.50. The lowest BCUT2D eigenvalue weighted by molar-refractivity contribution is -0.146. The summed E-state index contributed by atoms with van der Waals surface area (Å²) in [7, 11) is -1.33. The molecule has 7 N–H and O–H groups in total. The maximum atomic E-state index is 11.4. The second kappa shape index (κ2) is 9.81. The standard InChI is InChI=1S/C11H23BN2O4.2ClH/c13-9-4-3-8(7-9)11(14,10(15)16)5-1-2-6-12(17)18;;/h8-9,17-18H,1-7,13-14H2,(H,15,16);2*1H/t8-,9+,11?;;/m0../s1. The lowest BCUT2D eigenvalue weighted by atomic mass is 9.77. The van der Waals surface area contributed by atoms with Crippen LogP contribution in [0.1, 0.15) is 38.5 Å². The number of carbonyl (C=O) groups is 1. The van der Waals surface area contributed by atoms with Gasteiger partial charge in [-0.15, -0.1) is 24.8 Å².